The molecule has 1 saturated heterocycles. The molecule has 2 atom stereocenters. The summed E-state index contributed by atoms with van der Waals surface area (Å²) in [4.78, 5) is 14.0. The second kappa shape index (κ2) is 4.81. The number of likely N-dealkylation sites (tertiary alicyclic amines) is 1. The Morgan fingerprint density at radius 3 is 2.57 bits per heavy atom. The van der Waals surface area contributed by atoms with Gasteiger partial charge in [0.25, 0.3) is 0 Å². The van der Waals surface area contributed by atoms with Gasteiger partial charge in [-0.15, -0.1) is 0 Å². The molecular weight excluding hydrogens is 174 g/mol. The van der Waals surface area contributed by atoms with Crippen molar-refractivity contribution in [3.05, 3.63) is 0 Å². The summed E-state index contributed by atoms with van der Waals surface area (Å²) in [6.45, 7) is 9.66. The Balaban J connectivity index is 2.51. The Kier molecular flexibility index (Phi) is 3.97. The monoisotopic (exact) mass is 197 g/mol. The number of carbonyl (C=O) groups excluding carboxylic acids is 1. The number of hydrogen-bond acceptors (Lipinski definition) is 1. The van der Waals surface area contributed by atoms with Crippen LogP contribution in [0.2, 0.25) is 0 Å². The maximum atomic E-state index is 12.0. The fourth-order valence-corrected chi connectivity index (χ4v) is 2.21. The van der Waals surface area contributed by atoms with Crippen molar-refractivity contribution in [2.75, 3.05) is 6.54 Å². The molecule has 2 nitrogen and oxygen atoms in total. The van der Waals surface area contributed by atoms with Crippen LogP contribution < -0.4 is 0 Å². The molecule has 0 aliphatic carbocycles. The quantitative estimate of drug-likeness (QED) is 0.678. The number of nitrogens with zero attached hydrogens (tertiary/aromatic N) is 1. The van der Waals surface area contributed by atoms with Gasteiger partial charge in [-0.2, -0.15) is 0 Å². The summed E-state index contributed by atoms with van der Waals surface area (Å²) in [6.07, 6.45) is 3.20. The third-order valence-corrected chi connectivity index (χ3v) is 3.23. The summed E-state index contributed by atoms with van der Waals surface area (Å²) in [6, 6.07) is 0.430. The summed E-state index contributed by atoms with van der Waals surface area (Å²) < 4.78 is 0. The smallest absolute Gasteiger partial charge is 0.225 e. The maximum Gasteiger partial charge on any atom is 0.225 e. The van der Waals surface area contributed by atoms with Gasteiger partial charge in [-0.05, 0) is 32.1 Å². The molecule has 0 saturated carbocycles. The van der Waals surface area contributed by atoms with E-state index in [2.05, 4.69) is 32.6 Å². The van der Waals surface area contributed by atoms with E-state index >= 15 is 0 Å². The Bertz CT molecular complexity index is 200. The van der Waals surface area contributed by atoms with Crippen molar-refractivity contribution in [2.24, 2.45) is 11.8 Å². The van der Waals surface area contributed by atoms with E-state index in [0.717, 1.165) is 25.8 Å². The number of carbonyl (C=O) groups is 1. The van der Waals surface area contributed by atoms with Gasteiger partial charge in [0.05, 0.1) is 0 Å². The molecule has 82 valence electrons. The summed E-state index contributed by atoms with van der Waals surface area (Å²) in [5, 5.41) is 0. The van der Waals surface area contributed by atoms with Crippen molar-refractivity contribution in [3.63, 3.8) is 0 Å². The molecule has 2 heteroatoms. The lowest BCUT2D eigenvalue weighted by Gasteiger charge is -2.23. The van der Waals surface area contributed by atoms with Gasteiger partial charge in [0.2, 0.25) is 5.91 Å². The lowest BCUT2D eigenvalue weighted by Crippen LogP contribution is -2.35. The summed E-state index contributed by atoms with van der Waals surface area (Å²) in [5.41, 5.74) is 0. The van der Waals surface area contributed by atoms with Crippen molar-refractivity contribution < 1.29 is 4.79 Å². The van der Waals surface area contributed by atoms with Crippen LogP contribution in [0.4, 0.5) is 0 Å². The van der Waals surface area contributed by atoms with Crippen molar-refractivity contribution in [3.8, 4) is 0 Å². The number of rotatable bonds is 4. The molecule has 0 aromatic heterocycles. The first-order chi connectivity index (χ1) is 6.56. The van der Waals surface area contributed by atoms with Crippen LogP contribution in [0.25, 0.3) is 0 Å². The molecular formula is C12H23NO. The second-order valence-corrected chi connectivity index (χ2v) is 4.90. The van der Waals surface area contributed by atoms with Crippen LogP contribution in [-0.2, 0) is 4.79 Å². The van der Waals surface area contributed by atoms with Gasteiger partial charge < -0.3 is 4.90 Å². The molecule has 1 rings (SSSR count). The first-order valence-electron chi connectivity index (χ1n) is 5.86. The highest BCUT2D eigenvalue weighted by molar-refractivity contribution is 5.81. The Hall–Kier alpha value is -0.530. The molecule has 1 amide bonds. The van der Waals surface area contributed by atoms with E-state index < -0.39 is 0 Å². The largest absolute Gasteiger partial charge is 0.340 e. The highest BCUT2D eigenvalue weighted by Gasteiger charge is 2.33. The Labute approximate surface area is 87.7 Å². The third kappa shape index (κ3) is 2.49. The zero-order valence-corrected chi connectivity index (χ0v) is 9.92. The Morgan fingerprint density at radius 2 is 2.07 bits per heavy atom. The molecule has 1 aliphatic rings. The number of hydrogen-bond donors (Lipinski definition) is 0. The predicted molar refractivity (Wildman–Crippen MR) is 59.0 cm³/mol. The van der Waals surface area contributed by atoms with E-state index in [-0.39, 0.29) is 0 Å². The average Bonchev–Trinajstić information content (AvgIpc) is 2.46. The van der Waals surface area contributed by atoms with E-state index in [1.54, 1.807) is 0 Å². The zero-order valence-electron chi connectivity index (χ0n) is 9.92. The molecule has 0 radical (unpaired) electrons. The van der Waals surface area contributed by atoms with E-state index in [1.807, 2.05) is 0 Å². The van der Waals surface area contributed by atoms with Gasteiger partial charge in [0.15, 0.2) is 0 Å². The van der Waals surface area contributed by atoms with Crippen LogP contribution in [0.5, 0.6) is 0 Å². The first-order valence-corrected chi connectivity index (χ1v) is 5.86. The molecule has 1 fully saturated rings. The van der Waals surface area contributed by atoms with Crippen LogP contribution in [0.1, 0.15) is 47.0 Å². The van der Waals surface area contributed by atoms with Crippen molar-refractivity contribution in [2.45, 2.75) is 53.0 Å². The third-order valence-electron chi connectivity index (χ3n) is 3.23. The fraction of sp³-hybridized carbons (Fsp3) is 0.917. The van der Waals surface area contributed by atoms with Crippen LogP contribution in [0.3, 0.4) is 0 Å². The SMILES string of the molecule is CCC(C)N1CCC(CC(C)C)C1=O. The van der Waals surface area contributed by atoms with E-state index in [4.69, 9.17) is 0 Å². The van der Waals surface area contributed by atoms with Gasteiger partial charge in [-0.1, -0.05) is 20.8 Å². The molecule has 0 bridgehead atoms. The van der Waals surface area contributed by atoms with Crippen molar-refractivity contribution in [1.29, 1.82) is 0 Å². The lowest BCUT2D eigenvalue weighted by molar-refractivity contribution is -0.133. The lowest BCUT2D eigenvalue weighted by atomic mass is 9.96. The maximum absolute atomic E-state index is 12.0. The minimum atomic E-state index is 0.309. The molecule has 2 unspecified atom stereocenters. The van der Waals surface area contributed by atoms with Crippen LogP contribution in [-0.4, -0.2) is 23.4 Å². The normalized spacial score (nSPS) is 24.8. The summed E-state index contributed by atoms with van der Waals surface area (Å²) in [5.74, 6) is 1.35. The number of amides is 1. The van der Waals surface area contributed by atoms with Crippen molar-refractivity contribution in [1.82, 2.24) is 4.90 Å². The van der Waals surface area contributed by atoms with E-state index in [0.29, 0.717) is 23.8 Å². The first kappa shape index (κ1) is 11.5. The van der Waals surface area contributed by atoms with E-state index in [9.17, 15) is 4.79 Å². The van der Waals surface area contributed by atoms with Crippen molar-refractivity contribution >= 4 is 5.91 Å². The molecule has 0 aromatic rings. The predicted octanol–water partition coefficient (Wildman–Crippen LogP) is 2.68. The van der Waals surface area contributed by atoms with Gasteiger partial charge in [0.1, 0.15) is 0 Å². The van der Waals surface area contributed by atoms with Gasteiger partial charge in [-0.25, -0.2) is 0 Å². The summed E-state index contributed by atoms with van der Waals surface area (Å²) >= 11 is 0. The molecule has 0 N–H and O–H groups in total. The highest BCUT2D eigenvalue weighted by Crippen LogP contribution is 2.26. The second-order valence-electron chi connectivity index (χ2n) is 4.90. The molecule has 0 aromatic carbocycles. The minimum Gasteiger partial charge on any atom is -0.340 e. The topological polar surface area (TPSA) is 20.3 Å². The fourth-order valence-electron chi connectivity index (χ4n) is 2.21. The standard InChI is InChI=1S/C12H23NO/c1-5-10(4)13-7-6-11(12(13)14)8-9(2)3/h9-11H,5-8H2,1-4H3. The van der Waals surface area contributed by atoms with Crippen LogP contribution >= 0.6 is 0 Å². The highest BCUT2D eigenvalue weighted by atomic mass is 16.2. The van der Waals surface area contributed by atoms with Crippen LogP contribution in [0, 0.1) is 11.8 Å². The molecule has 1 heterocycles. The van der Waals surface area contributed by atoms with Gasteiger partial charge >= 0.3 is 0 Å². The minimum absolute atomic E-state index is 0.309. The molecule has 0 spiro atoms. The van der Waals surface area contributed by atoms with Crippen LogP contribution in [0.15, 0.2) is 0 Å². The zero-order chi connectivity index (χ0) is 10.7. The molecule has 1 aliphatic heterocycles. The summed E-state index contributed by atoms with van der Waals surface area (Å²) in [7, 11) is 0. The van der Waals surface area contributed by atoms with Gasteiger partial charge in [0, 0.05) is 18.5 Å². The average molecular weight is 197 g/mol. The van der Waals surface area contributed by atoms with E-state index in [1.165, 1.54) is 0 Å². The Morgan fingerprint density at radius 1 is 1.43 bits per heavy atom. The van der Waals surface area contributed by atoms with Gasteiger partial charge in [-0.3, -0.25) is 4.79 Å². The molecule has 14 heavy (non-hydrogen) atoms.